The van der Waals surface area contributed by atoms with Crippen molar-refractivity contribution in [2.24, 2.45) is 11.3 Å². The summed E-state index contributed by atoms with van der Waals surface area (Å²) in [6.07, 6.45) is 0.387. The molecule has 0 spiro atoms. The van der Waals surface area contributed by atoms with E-state index in [0.717, 1.165) is 10.2 Å². The van der Waals surface area contributed by atoms with E-state index in [-0.39, 0.29) is 30.5 Å². The molecule has 0 saturated carbocycles. The number of carboxylic acids is 1. The smallest absolute Gasteiger partial charge is 0.311 e. The van der Waals surface area contributed by atoms with Gasteiger partial charge in [0.15, 0.2) is 0 Å². The van der Waals surface area contributed by atoms with Crippen LogP contribution < -0.4 is 5.56 Å². The van der Waals surface area contributed by atoms with Crippen molar-refractivity contribution >= 4 is 11.9 Å². The molecule has 0 radical (unpaired) electrons. The molecular formula is C20H21N3O5. The average Bonchev–Trinajstić information content (AvgIpc) is 3.12. The average molecular weight is 383 g/mol. The molecule has 1 N–H and O–H groups in total. The van der Waals surface area contributed by atoms with E-state index in [1.165, 1.54) is 11.0 Å². The van der Waals surface area contributed by atoms with E-state index < -0.39 is 11.4 Å². The highest BCUT2D eigenvalue weighted by Crippen LogP contribution is 2.42. The standard InChI is InChI=1S/C20H21N3O5/c24-17-7-6-16(14-4-2-1-3-5-14)21-23(17)11-18(25)22-10-15-12-28-9-8-20(15,13-22)19(26)27/h1-7,15H,8-13H2,(H,26,27)/t15-,20+/m0/s1. The first kappa shape index (κ1) is 18.4. The Bertz CT molecular complexity index is 958. The second kappa shape index (κ2) is 7.20. The number of amides is 1. The zero-order valence-electron chi connectivity index (χ0n) is 15.3. The number of aromatic nitrogens is 2. The van der Waals surface area contributed by atoms with Gasteiger partial charge in [0.05, 0.1) is 17.7 Å². The number of carbonyl (C=O) groups excluding carboxylic acids is 1. The molecule has 2 atom stereocenters. The molecule has 3 heterocycles. The largest absolute Gasteiger partial charge is 0.481 e. The Hall–Kier alpha value is -3.00. The lowest BCUT2D eigenvalue weighted by Crippen LogP contribution is -2.45. The van der Waals surface area contributed by atoms with Gasteiger partial charge in [-0.1, -0.05) is 30.3 Å². The van der Waals surface area contributed by atoms with Crippen LogP contribution in [0.5, 0.6) is 0 Å². The molecule has 2 aliphatic rings. The SMILES string of the molecule is O=C(Cn1nc(-c2ccccc2)ccc1=O)N1C[C@H]2COCC[C@@]2(C(=O)O)C1. The summed E-state index contributed by atoms with van der Waals surface area (Å²) in [5.41, 5.74) is 0.107. The van der Waals surface area contributed by atoms with Crippen molar-refractivity contribution in [1.29, 1.82) is 0 Å². The van der Waals surface area contributed by atoms with Crippen LogP contribution in [0.1, 0.15) is 6.42 Å². The van der Waals surface area contributed by atoms with E-state index in [1.54, 1.807) is 6.07 Å². The molecule has 0 unspecified atom stereocenters. The second-order valence-corrected chi connectivity index (χ2v) is 7.34. The van der Waals surface area contributed by atoms with Gasteiger partial charge in [-0.15, -0.1) is 0 Å². The molecule has 1 amide bonds. The number of fused-ring (bicyclic) bond motifs is 1. The van der Waals surface area contributed by atoms with E-state index in [9.17, 15) is 19.5 Å². The lowest BCUT2D eigenvalue weighted by Gasteiger charge is -2.33. The number of nitrogens with zero attached hydrogens (tertiary/aromatic N) is 3. The van der Waals surface area contributed by atoms with Crippen LogP contribution in [0.3, 0.4) is 0 Å². The number of likely N-dealkylation sites (tertiary alicyclic amines) is 1. The van der Waals surface area contributed by atoms with Crippen LogP contribution in [-0.4, -0.2) is 58.0 Å². The van der Waals surface area contributed by atoms with E-state index in [2.05, 4.69) is 5.10 Å². The number of rotatable bonds is 4. The van der Waals surface area contributed by atoms with Gasteiger partial charge in [-0.2, -0.15) is 5.10 Å². The van der Waals surface area contributed by atoms with Crippen molar-refractivity contribution in [2.75, 3.05) is 26.3 Å². The number of carboxylic acid groups (broad SMARTS) is 1. The van der Waals surface area contributed by atoms with Gasteiger partial charge in [0, 0.05) is 37.2 Å². The Morgan fingerprint density at radius 3 is 2.71 bits per heavy atom. The molecule has 2 saturated heterocycles. The first-order valence-electron chi connectivity index (χ1n) is 9.22. The van der Waals surface area contributed by atoms with Gasteiger partial charge < -0.3 is 14.7 Å². The van der Waals surface area contributed by atoms with Gasteiger partial charge in [0.25, 0.3) is 5.56 Å². The van der Waals surface area contributed by atoms with Crippen molar-refractivity contribution in [1.82, 2.24) is 14.7 Å². The van der Waals surface area contributed by atoms with Gasteiger partial charge in [-0.05, 0) is 12.5 Å². The number of hydrogen-bond acceptors (Lipinski definition) is 5. The summed E-state index contributed by atoms with van der Waals surface area (Å²) in [6, 6.07) is 12.4. The van der Waals surface area contributed by atoms with Gasteiger partial charge in [0.2, 0.25) is 5.91 Å². The molecule has 8 nitrogen and oxygen atoms in total. The third-order valence-corrected chi connectivity index (χ3v) is 5.71. The highest BCUT2D eigenvalue weighted by atomic mass is 16.5. The molecule has 2 fully saturated rings. The van der Waals surface area contributed by atoms with Crippen LogP contribution in [0.25, 0.3) is 11.3 Å². The molecule has 8 heteroatoms. The Morgan fingerprint density at radius 1 is 1.21 bits per heavy atom. The zero-order valence-corrected chi connectivity index (χ0v) is 15.3. The maximum Gasteiger partial charge on any atom is 0.311 e. The molecule has 1 aromatic carbocycles. The first-order chi connectivity index (χ1) is 13.5. The second-order valence-electron chi connectivity index (χ2n) is 7.34. The number of hydrogen-bond donors (Lipinski definition) is 1. The van der Waals surface area contributed by atoms with Gasteiger partial charge >= 0.3 is 5.97 Å². The van der Waals surface area contributed by atoms with Crippen LogP contribution >= 0.6 is 0 Å². The van der Waals surface area contributed by atoms with Crippen molar-refractivity contribution in [3.8, 4) is 11.3 Å². The Kier molecular flexibility index (Phi) is 4.72. The molecule has 2 aliphatic heterocycles. The minimum Gasteiger partial charge on any atom is -0.481 e. The number of ether oxygens (including phenoxy) is 1. The summed E-state index contributed by atoms with van der Waals surface area (Å²) in [4.78, 5) is 38.4. The fourth-order valence-corrected chi connectivity index (χ4v) is 4.04. The van der Waals surface area contributed by atoms with Gasteiger partial charge in [0.1, 0.15) is 6.54 Å². The van der Waals surface area contributed by atoms with Gasteiger partial charge in [-0.25, -0.2) is 4.68 Å². The lowest BCUT2D eigenvalue weighted by molar-refractivity contribution is -0.157. The van der Waals surface area contributed by atoms with Crippen LogP contribution in [0.4, 0.5) is 0 Å². The Morgan fingerprint density at radius 2 is 2.00 bits per heavy atom. The molecular weight excluding hydrogens is 362 g/mol. The third kappa shape index (κ3) is 3.20. The lowest BCUT2D eigenvalue weighted by atomic mass is 9.74. The molecule has 2 aromatic rings. The Labute approximate surface area is 161 Å². The van der Waals surface area contributed by atoms with Crippen molar-refractivity contribution in [2.45, 2.75) is 13.0 Å². The third-order valence-electron chi connectivity index (χ3n) is 5.71. The van der Waals surface area contributed by atoms with E-state index in [1.807, 2.05) is 30.3 Å². The van der Waals surface area contributed by atoms with Gasteiger partial charge in [-0.3, -0.25) is 14.4 Å². The zero-order chi connectivity index (χ0) is 19.7. The van der Waals surface area contributed by atoms with E-state index >= 15 is 0 Å². The van der Waals surface area contributed by atoms with E-state index in [4.69, 9.17) is 4.74 Å². The maximum atomic E-state index is 12.8. The number of carbonyl (C=O) groups is 2. The summed E-state index contributed by atoms with van der Waals surface area (Å²) in [6.45, 7) is 0.950. The normalized spacial score (nSPS) is 24.0. The summed E-state index contributed by atoms with van der Waals surface area (Å²) >= 11 is 0. The molecule has 1 aromatic heterocycles. The quantitative estimate of drug-likeness (QED) is 0.840. The Balaban J connectivity index is 1.54. The highest BCUT2D eigenvalue weighted by molar-refractivity contribution is 5.81. The maximum absolute atomic E-state index is 12.8. The fraction of sp³-hybridized carbons (Fsp3) is 0.400. The van der Waals surface area contributed by atoms with Crippen LogP contribution in [0.15, 0.2) is 47.3 Å². The molecule has 0 aliphatic carbocycles. The van der Waals surface area contributed by atoms with Crippen LogP contribution in [0.2, 0.25) is 0 Å². The van der Waals surface area contributed by atoms with E-state index in [0.29, 0.717) is 31.9 Å². The van der Waals surface area contributed by atoms with Crippen molar-refractivity contribution in [3.63, 3.8) is 0 Å². The highest BCUT2D eigenvalue weighted by Gasteiger charge is 2.54. The predicted octanol–water partition coefficient (Wildman–Crippen LogP) is 0.860. The van der Waals surface area contributed by atoms with Crippen molar-refractivity contribution in [3.05, 3.63) is 52.8 Å². The molecule has 4 rings (SSSR count). The predicted molar refractivity (Wildman–Crippen MR) is 99.5 cm³/mol. The molecule has 146 valence electrons. The monoisotopic (exact) mass is 383 g/mol. The number of benzene rings is 1. The minimum atomic E-state index is -0.960. The number of aliphatic carboxylic acids is 1. The summed E-state index contributed by atoms with van der Waals surface area (Å²) in [7, 11) is 0. The summed E-state index contributed by atoms with van der Waals surface area (Å²) < 4.78 is 6.56. The molecule has 0 bridgehead atoms. The fourth-order valence-electron chi connectivity index (χ4n) is 4.04. The molecule has 28 heavy (non-hydrogen) atoms. The first-order valence-corrected chi connectivity index (χ1v) is 9.22. The van der Waals surface area contributed by atoms with Crippen LogP contribution in [-0.2, 0) is 20.9 Å². The summed E-state index contributed by atoms with van der Waals surface area (Å²) in [5.74, 6) is -1.43. The minimum absolute atomic E-state index is 0.141. The topological polar surface area (TPSA) is 102 Å². The van der Waals surface area contributed by atoms with Crippen LogP contribution in [0, 0.1) is 11.3 Å². The summed E-state index contributed by atoms with van der Waals surface area (Å²) in [5, 5.41) is 14.0. The van der Waals surface area contributed by atoms with Crippen molar-refractivity contribution < 1.29 is 19.4 Å².